The maximum Gasteiger partial charge on any atom is 0.263 e. The van der Waals surface area contributed by atoms with Crippen LogP contribution in [0.25, 0.3) is 0 Å². The average molecular weight is 285 g/mol. The lowest BCUT2D eigenvalue weighted by Gasteiger charge is -2.36. The van der Waals surface area contributed by atoms with Gasteiger partial charge in [0.1, 0.15) is 5.75 Å². The first-order valence-corrected chi connectivity index (χ1v) is 7.19. The van der Waals surface area contributed by atoms with Gasteiger partial charge in [0.15, 0.2) is 6.10 Å². The Labute approximate surface area is 124 Å². The van der Waals surface area contributed by atoms with Crippen LogP contribution in [0.1, 0.15) is 25.6 Å². The van der Waals surface area contributed by atoms with Crippen molar-refractivity contribution in [3.8, 4) is 5.75 Å². The van der Waals surface area contributed by atoms with Crippen LogP contribution in [0.2, 0.25) is 0 Å². The SMILES string of the molecule is C[C@@H](Oc1cccnc1)C(=O)N1CCn2cccc2[C@@H]1C. The van der Waals surface area contributed by atoms with Crippen molar-refractivity contribution in [3.63, 3.8) is 0 Å². The molecule has 2 aromatic heterocycles. The van der Waals surface area contributed by atoms with E-state index in [9.17, 15) is 4.79 Å². The molecular formula is C16H19N3O2. The van der Waals surface area contributed by atoms with Crippen LogP contribution in [-0.2, 0) is 11.3 Å². The zero-order chi connectivity index (χ0) is 14.8. The molecule has 0 unspecified atom stereocenters. The normalized spacial score (nSPS) is 19.0. The number of hydrogen-bond acceptors (Lipinski definition) is 3. The van der Waals surface area contributed by atoms with E-state index in [-0.39, 0.29) is 11.9 Å². The number of rotatable bonds is 3. The molecule has 2 aromatic rings. The second kappa shape index (κ2) is 5.60. The van der Waals surface area contributed by atoms with Crippen molar-refractivity contribution < 1.29 is 9.53 Å². The number of carbonyl (C=O) groups excluding carboxylic acids is 1. The summed E-state index contributed by atoms with van der Waals surface area (Å²) in [4.78, 5) is 18.5. The van der Waals surface area contributed by atoms with E-state index in [1.807, 2.05) is 17.0 Å². The predicted molar refractivity (Wildman–Crippen MR) is 78.9 cm³/mol. The van der Waals surface area contributed by atoms with Crippen LogP contribution in [0.4, 0.5) is 0 Å². The standard InChI is InChI=1S/C16H19N3O2/c1-12-15-6-4-8-18(15)9-10-19(12)16(20)13(2)21-14-5-3-7-17-11-14/h3-8,11-13H,9-10H2,1-2H3/t12-,13+/m0/s1. The fourth-order valence-corrected chi connectivity index (χ4v) is 2.78. The topological polar surface area (TPSA) is 47.4 Å². The number of nitrogens with zero attached hydrogens (tertiary/aromatic N) is 3. The van der Waals surface area contributed by atoms with E-state index in [0.717, 1.165) is 6.54 Å². The number of hydrogen-bond donors (Lipinski definition) is 0. The largest absolute Gasteiger partial charge is 0.479 e. The van der Waals surface area contributed by atoms with Gasteiger partial charge < -0.3 is 14.2 Å². The number of carbonyl (C=O) groups is 1. The molecule has 0 spiro atoms. The summed E-state index contributed by atoms with van der Waals surface area (Å²) in [5.74, 6) is 0.630. The van der Waals surface area contributed by atoms with Crippen LogP contribution in [0.5, 0.6) is 5.75 Å². The van der Waals surface area contributed by atoms with Crippen molar-refractivity contribution in [1.82, 2.24) is 14.5 Å². The van der Waals surface area contributed by atoms with Gasteiger partial charge in [0.2, 0.25) is 0 Å². The number of pyridine rings is 1. The van der Waals surface area contributed by atoms with E-state index in [1.54, 1.807) is 25.4 Å². The fraction of sp³-hybridized carbons (Fsp3) is 0.375. The molecule has 0 radical (unpaired) electrons. The molecule has 110 valence electrons. The second-order valence-electron chi connectivity index (χ2n) is 5.28. The zero-order valence-corrected chi connectivity index (χ0v) is 12.3. The summed E-state index contributed by atoms with van der Waals surface area (Å²) in [6, 6.07) is 7.76. The molecule has 1 amide bonds. The fourth-order valence-electron chi connectivity index (χ4n) is 2.78. The number of aromatic nitrogens is 2. The van der Waals surface area contributed by atoms with Crippen LogP contribution in [-0.4, -0.2) is 33.0 Å². The van der Waals surface area contributed by atoms with E-state index in [1.165, 1.54) is 5.69 Å². The number of ether oxygens (including phenoxy) is 1. The third-order valence-corrected chi connectivity index (χ3v) is 3.92. The molecule has 5 nitrogen and oxygen atoms in total. The molecule has 5 heteroatoms. The van der Waals surface area contributed by atoms with Gasteiger partial charge in [0.05, 0.1) is 12.2 Å². The van der Waals surface area contributed by atoms with E-state index >= 15 is 0 Å². The molecule has 0 fully saturated rings. The highest BCUT2D eigenvalue weighted by Crippen LogP contribution is 2.26. The van der Waals surface area contributed by atoms with Gasteiger partial charge in [-0.1, -0.05) is 0 Å². The molecule has 3 rings (SSSR count). The third-order valence-electron chi connectivity index (χ3n) is 3.92. The van der Waals surface area contributed by atoms with Crippen LogP contribution < -0.4 is 4.74 Å². The highest BCUT2D eigenvalue weighted by molar-refractivity contribution is 5.81. The van der Waals surface area contributed by atoms with Gasteiger partial charge in [-0.15, -0.1) is 0 Å². The Bertz CT molecular complexity index is 623. The van der Waals surface area contributed by atoms with Crippen molar-refractivity contribution in [2.45, 2.75) is 32.5 Å². The summed E-state index contributed by atoms with van der Waals surface area (Å²) in [6.45, 7) is 5.38. The van der Waals surface area contributed by atoms with Crippen molar-refractivity contribution >= 4 is 5.91 Å². The van der Waals surface area contributed by atoms with Crippen LogP contribution in [0.15, 0.2) is 42.9 Å². The molecule has 2 atom stereocenters. The van der Waals surface area contributed by atoms with Crippen molar-refractivity contribution in [3.05, 3.63) is 48.5 Å². The van der Waals surface area contributed by atoms with Gasteiger partial charge in [-0.05, 0) is 38.1 Å². The molecule has 0 aliphatic carbocycles. The van der Waals surface area contributed by atoms with E-state index < -0.39 is 6.10 Å². The molecule has 0 N–H and O–H groups in total. The van der Waals surface area contributed by atoms with Gasteiger partial charge in [-0.25, -0.2) is 0 Å². The molecule has 1 aliphatic rings. The molecular weight excluding hydrogens is 266 g/mol. The minimum atomic E-state index is -0.516. The molecule has 3 heterocycles. The lowest BCUT2D eigenvalue weighted by atomic mass is 10.1. The summed E-state index contributed by atoms with van der Waals surface area (Å²) in [7, 11) is 0. The van der Waals surface area contributed by atoms with Crippen molar-refractivity contribution in [2.24, 2.45) is 0 Å². The van der Waals surface area contributed by atoms with Crippen LogP contribution in [0.3, 0.4) is 0 Å². The molecule has 21 heavy (non-hydrogen) atoms. The number of amides is 1. The number of fused-ring (bicyclic) bond motifs is 1. The second-order valence-corrected chi connectivity index (χ2v) is 5.28. The van der Waals surface area contributed by atoms with E-state index in [4.69, 9.17) is 4.74 Å². The van der Waals surface area contributed by atoms with Gasteiger partial charge in [-0.2, -0.15) is 0 Å². The smallest absolute Gasteiger partial charge is 0.263 e. The van der Waals surface area contributed by atoms with Gasteiger partial charge >= 0.3 is 0 Å². The van der Waals surface area contributed by atoms with Crippen LogP contribution >= 0.6 is 0 Å². The zero-order valence-electron chi connectivity index (χ0n) is 12.3. The van der Waals surface area contributed by atoms with Gasteiger partial charge in [0.25, 0.3) is 5.91 Å². The Morgan fingerprint density at radius 1 is 1.38 bits per heavy atom. The van der Waals surface area contributed by atoms with Crippen LogP contribution in [0, 0.1) is 0 Å². The first-order valence-electron chi connectivity index (χ1n) is 7.19. The van der Waals surface area contributed by atoms with Crippen molar-refractivity contribution in [2.75, 3.05) is 6.54 Å². The van der Waals surface area contributed by atoms with Gasteiger partial charge in [-0.3, -0.25) is 9.78 Å². The summed E-state index contributed by atoms with van der Waals surface area (Å²) >= 11 is 0. The Balaban J connectivity index is 1.71. The molecule has 0 saturated carbocycles. The Morgan fingerprint density at radius 2 is 2.24 bits per heavy atom. The maximum absolute atomic E-state index is 12.6. The first-order chi connectivity index (χ1) is 10.2. The minimum absolute atomic E-state index is 0.0128. The first kappa shape index (κ1) is 13.7. The average Bonchev–Trinajstić information content (AvgIpc) is 2.97. The highest BCUT2D eigenvalue weighted by atomic mass is 16.5. The highest BCUT2D eigenvalue weighted by Gasteiger charge is 2.30. The Kier molecular flexibility index (Phi) is 3.64. The lowest BCUT2D eigenvalue weighted by Crippen LogP contribution is -2.46. The molecule has 0 aromatic carbocycles. The summed E-state index contributed by atoms with van der Waals surface area (Å²) in [6.07, 6.45) is 4.84. The maximum atomic E-state index is 12.6. The molecule has 0 saturated heterocycles. The van der Waals surface area contributed by atoms with Gasteiger partial charge in [0, 0.05) is 31.2 Å². The Morgan fingerprint density at radius 3 is 3.00 bits per heavy atom. The third kappa shape index (κ3) is 2.63. The van der Waals surface area contributed by atoms with E-state index in [0.29, 0.717) is 12.3 Å². The summed E-state index contributed by atoms with van der Waals surface area (Å²) < 4.78 is 7.88. The summed E-state index contributed by atoms with van der Waals surface area (Å²) in [5.41, 5.74) is 1.17. The lowest BCUT2D eigenvalue weighted by molar-refractivity contribution is -0.141. The van der Waals surface area contributed by atoms with E-state index in [2.05, 4.69) is 28.7 Å². The van der Waals surface area contributed by atoms with Crippen molar-refractivity contribution in [1.29, 1.82) is 0 Å². The quantitative estimate of drug-likeness (QED) is 0.869. The summed E-state index contributed by atoms with van der Waals surface area (Å²) in [5, 5.41) is 0. The monoisotopic (exact) mass is 285 g/mol. The molecule has 1 aliphatic heterocycles. The minimum Gasteiger partial charge on any atom is -0.479 e. The Hall–Kier alpha value is -2.30. The predicted octanol–water partition coefficient (Wildman–Crippen LogP) is 2.25. The molecule has 0 bridgehead atoms.